The minimum absolute atomic E-state index is 0.435. The lowest BCUT2D eigenvalue weighted by atomic mass is 9.97. The van der Waals surface area contributed by atoms with E-state index < -0.39 is 5.91 Å². The quantitative estimate of drug-likeness (QED) is 0.478. The highest BCUT2D eigenvalue weighted by molar-refractivity contribution is 8.03. The van der Waals surface area contributed by atoms with E-state index in [1.165, 1.54) is 0 Å². The van der Waals surface area contributed by atoms with Gasteiger partial charge in [-0.05, 0) is 5.41 Å². The van der Waals surface area contributed by atoms with Crippen LogP contribution in [0.1, 0.15) is 6.42 Å². The third-order valence-corrected chi connectivity index (χ3v) is 3.49. The Morgan fingerprint density at radius 1 is 1.77 bits per heavy atom. The zero-order valence-corrected chi connectivity index (χ0v) is 7.75. The van der Waals surface area contributed by atoms with Crippen LogP contribution >= 0.6 is 11.8 Å². The largest absolute Gasteiger partial charge is 0.288 e. The molecule has 4 nitrogen and oxygen atoms in total. The number of hydroxylamine groups is 1. The van der Waals surface area contributed by atoms with Crippen LogP contribution in [0.4, 0.5) is 0 Å². The van der Waals surface area contributed by atoms with Crippen LogP contribution in [0.15, 0.2) is 16.5 Å². The van der Waals surface area contributed by atoms with Gasteiger partial charge in [0.2, 0.25) is 0 Å². The molecule has 0 aliphatic carbocycles. The first kappa shape index (κ1) is 8.77. The third kappa shape index (κ3) is 1.62. The van der Waals surface area contributed by atoms with Crippen LogP contribution in [0.2, 0.25) is 0 Å². The van der Waals surface area contributed by atoms with Crippen molar-refractivity contribution < 1.29 is 10.0 Å². The van der Waals surface area contributed by atoms with Gasteiger partial charge in [-0.1, -0.05) is 6.08 Å². The average Bonchev–Trinajstić information content (AvgIpc) is 2.63. The number of hydrogen-bond donors (Lipinski definition) is 2. The summed E-state index contributed by atoms with van der Waals surface area (Å²) in [4.78, 5) is 15.2. The molecule has 2 N–H and O–H groups in total. The van der Waals surface area contributed by atoms with Crippen LogP contribution in [0.3, 0.4) is 0 Å². The summed E-state index contributed by atoms with van der Waals surface area (Å²) in [6.07, 6.45) is 2.78. The van der Waals surface area contributed by atoms with Crippen LogP contribution in [0.25, 0.3) is 0 Å². The first-order chi connectivity index (χ1) is 6.31. The molecule has 2 rings (SSSR count). The highest BCUT2D eigenvalue weighted by Crippen LogP contribution is 2.34. The molecule has 0 aromatic rings. The van der Waals surface area contributed by atoms with E-state index in [-0.39, 0.29) is 0 Å². The Balaban J connectivity index is 2.06. The Labute approximate surface area is 80.1 Å². The normalized spacial score (nSPS) is 31.0. The number of nitrogens with one attached hydrogen (secondary N) is 1. The molecule has 2 atom stereocenters. The van der Waals surface area contributed by atoms with Crippen LogP contribution in [-0.4, -0.2) is 28.6 Å². The second-order valence-electron chi connectivity index (χ2n) is 3.10. The summed E-state index contributed by atoms with van der Waals surface area (Å²) in [5.41, 5.74) is 2.07. The number of carbonyl (C=O) groups is 1. The van der Waals surface area contributed by atoms with Crippen LogP contribution in [-0.2, 0) is 4.79 Å². The fourth-order valence-electron chi connectivity index (χ4n) is 1.55. The number of rotatable bonds is 1. The van der Waals surface area contributed by atoms with Crippen LogP contribution < -0.4 is 5.48 Å². The first-order valence-electron chi connectivity index (χ1n) is 4.11. The topological polar surface area (TPSA) is 61.7 Å². The van der Waals surface area contributed by atoms with Crippen molar-refractivity contribution in [2.75, 3.05) is 6.54 Å². The van der Waals surface area contributed by atoms with Gasteiger partial charge in [0.15, 0.2) is 0 Å². The van der Waals surface area contributed by atoms with Crippen molar-refractivity contribution in [2.24, 2.45) is 10.9 Å². The number of carbonyl (C=O) groups excluding carboxylic acids is 1. The summed E-state index contributed by atoms with van der Waals surface area (Å²) < 4.78 is 0. The SMILES string of the molecule is O=C(NO)C1=NCC2C=CSC2C1. The monoisotopic (exact) mass is 198 g/mol. The smallest absolute Gasteiger partial charge is 0.288 e. The fourth-order valence-corrected chi connectivity index (χ4v) is 2.68. The van der Waals surface area contributed by atoms with Crippen LogP contribution in [0, 0.1) is 5.92 Å². The van der Waals surface area contributed by atoms with Crippen LogP contribution in [0.5, 0.6) is 0 Å². The molecule has 0 radical (unpaired) electrons. The summed E-state index contributed by atoms with van der Waals surface area (Å²) in [6.45, 7) is 0.664. The molecule has 0 fully saturated rings. The third-order valence-electron chi connectivity index (χ3n) is 2.31. The lowest BCUT2D eigenvalue weighted by molar-refractivity contribution is -0.122. The summed E-state index contributed by atoms with van der Waals surface area (Å²) in [7, 11) is 0. The number of amides is 1. The predicted molar refractivity (Wildman–Crippen MR) is 50.9 cm³/mol. The average molecular weight is 198 g/mol. The van der Waals surface area contributed by atoms with E-state index in [9.17, 15) is 4.79 Å². The predicted octanol–water partition coefficient (Wildman–Crippen LogP) is 0.582. The van der Waals surface area contributed by atoms with Crippen molar-refractivity contribution in [3.05, 3.63) is 11.5 Å². The van der Waals surface area contributed by atoms with E-state index in [4.69, 9.17) is 5.21 Å². The molecule has 2 heterocycles. The summed E-state index contributed by atoms with van der Waals surface area (Å²) >= 11 is 1.73. The van der Waals surface area contributed by atoms with Gasteiger partial charge >= 0.3 is 0 Å². The summed E-state index contributed by atoms with van der Waals surface area (Å²) in [5.74, 6) is 0.00573. The molecule has 2 aliphatic heterocycles. The molecule has 13 heavy (non-hydrogen) atoms. The lowest BCUT2D eigenvalue weighted by Crippen LogP contribution is -2.35. The maximum atomic E-state index is 11.0. The molecule has 70 valence electrons. The van der Waals surface area contributed by atoms with E-state index >= 15 is 0 Å². The molecule has 0 bridgehead atoms. The van der Waals surface area contributed by atoms with Crippen molar-refractivity contribution in [3.63, 3.8) is 0 Å². The van der Waals surface area contributed by atoms with E-state index in [0.717, 1.165) is 0 Å². The fraction of sp³-hybridized carbons (Fsp3) is 0.500. The number of nitrogens with zero attached hydrogens (tertiary/aromatic N) is 1. The molecule has 0 aromatic heterocycles. The standard InChI is InChI=1S/C8H10N2O2S/c11-8(10-12)6-3-7-5(4-9-6)1-2-13-7/h1-2,5,7,12H,3-4H2,(H,10,11). The number of fused-ring (bicyclic) bond motifs is 1. The van der Waals surface area contributed by atoms with Gasteiger partial charge in [-0.15, -0.1) is 11.8 Å². The minimum atomic E-state index is -0.467. The van der Waals surface area contributed by atoms with Crippen molar-refractivity contribution in [2.45, 2.75) is 11.7 Å². The molecule has 0 saturated carbocycles. The Morgan fingerprint density at radius 3 is 3.38 bits per heavy atom. The van der Waals surface area contributed by atoms with Gasteiger partial charge in [-0.3, -0.25) is 15.0 Å². The van der Waals surface area contributed by atoms with Crippen molar-refractivity contribution >= 4 is 23.4 Å². The highest BCUT2D eigenvalue weighted by Gasteiger charge is 2.30. The molecule has 1 amide bonds. The lowest BCUT2D eigenvalue weighted by Gasteiger charge is -2.22. The van der Waals surface area contributed by atoms with E-state index in [1.807, 2.05) is 0 Å². The van der Waals surface area contributed by atoms with E-state index in [1.54, 1.807) is 17.2 Å². The summed E-state index contributed by atoms with van der Waals surface area (Å²) in [5, 5.41) is 10.9. The molecule has 5 heteroatoms. The number of thioether (sulfide) groups is 1. The Morgan fingerprint density at radius 2 is 2.62 bits per heavy atom. The Kier molecular flexibility index (Phi) is 2.37. The maximum absolute atomic E-state index is 11.0. The number of hydrogen-bond acceptors (Lipinski definition) is 4. The second kappa shape index (κ2) is 3.51. The van der Waals surface area contributed by atoms with E-state index in [2.05, 4.69) is 16.5 Å². The maximum Gasteiger partial charge on any atom is 0.288 e. The first-order valence-corrected chi connectivity index (χ1v) is 5.05. The van der Waals surface area contributed by atoms with Gasteiger partial charge in [0, 0.05) is 24.1 Å². The van der Waals surface area contributed by atoms with Gasteiger partial charge in [0.1, 0.15) is 5.71 Å². The van der Waals surface area contributed by atoms with Gasteiger partial charge in [-0.25, -0.2) is 5.48 Å². The molecule has 2 aliphatic rings. The second-order valence-corrected chi connectivity index (χ2v) is 4.25. The van der Waals surface area contributed by atoms with Gasteiger partial charge < -0.3 is 0 Å². The van der Waals surface area contributed by atoms with Gasteiger partial charge in [-0.2, -0.15) is 0 Å². The Hall–Kier alpha value is -0.810. The minimum Gasteiger partial charge on any atom is -0.288 e. The summed E-state index contributed by atoms with van der Waals surface area (Å²) in [6, 6.07) is 0. The van der Waals surface area contributed by atoms with E-state index in [0.29, 0.717) is 29.8 Å². The van der Waals surface area contributed by atoms with Crippen molar-refractivity contribution in [3.8, 4) is 0 Å². The number of aliphatic imine (C=N–C) groups is 1. The van der Waals surface area contributed by atoms with Gasteiger partial charge in [0.25, 0.3) is 5.91 Å². The molecule has 2 unspecified atom stereocenters. The molecule has 0 aromatic carbocycles. The zero-order chi connectivity index (χ0) is 9.26. The Bertz CT molecular complexity index is 288. The zero-order valence-electron chi connectivity index (χ0n) is 6.93. The molecule has 0 spiro atoms. The molecular weight excluding hydrogens is 188 g/mol. The van der Waals surface area contributed by atoms with Crippen molar-refractivity contribution in [1.82, 2.24) is 5.48 Å². The van der Waals surface area contributed by atoms with Gasteiger partial charge in [0.05, 0.1) is 0 Å². The van der Waals surface area contributed by atoms with Crippen molar-refractivity contribution in [1.29, 1.82) is 0 Å². The molecule has 0 saturated heterocycles. The highest BCUT2D eigenvalue weighted by atomic mass is 32.2. The molecular formula is C8H10N2O2S.